The molecule has 2 aliphatic rings. The van der Waals surface area contributed by atoms with E-state index in [1.807, 2.05) is 19.1 Å². The van der Waals surface area contributed by atoms with Crippen molar-refractivity contribution in [1.29, 1.82) is 0 Å². The number of fused-ring (bicyclic) bond motifs is 2. The van der Waals surface area contributed by atoms with Crippen LogP contribution in [0.4, 0.5) is 0 Å². The average Bonchev–Trinajstić information content (AvgIpc) is 2.84. The molecule has 1 aliphatic heterocycles. The van der Waals surface area contributed by atoms with Crippen molar-refractivity contribution in [3.05, 3.63) is 34.4 Å². The second kappa shape index (κ2) is 10.5. The van der Waals surface area contributed by atoms with Gasteiger partial charge >= 0.3 is 8.56 Å². The van der Waals surface area contributed by atoms with Gasteiger partial charge in [-0.3, -0.25) is 4.79 Å². The summed E-state index contributed by atoms with van der Waals surface area (Å²) in [5.74, 6) is 1.33. The molecule has 7 nitrogen and oxygen atoms in total. The lowest BCUT2D eigenvalue weighted by Crippen LogP contribution is -2.63. The number of rotatable bonds is 5. The lowest BCUT2D eigenvalue weighted by Gasteiger charge is -2.51. The van der Waals surface area contributed by atoms with Crippen molar-refractivity contribution in [2.45, 2.75) is 116 Å². The molecule has 2 aromatic carbocycles. The van der Waals surface area contributed by atoms with Gasteiger partial charge < -0.3 is 28.2 Å². The summed E-state index contributed by atoms with van der Waals surface area (Å²) in [6.07, 6.45) is 1.93. The Morgan fingerprint density at radius 3 is 2.12 bits per heavy atom. The van der Waals surface area contributed by atoms with E-state index in [2.05, 4.69) is 75.4 Å². The molecular weight excluding hydrogens is 565 g/mol. The van der Waals surface area contributed by atoms with Gasteiger partial charge in [0.05, 0.1) is 30.8 Å². The van der Waals surface area contributed by atoms with Crippen molar-refractivity contribution in [1.82, 2.24) is 0 Å². The average molecular weight is 615 g/mol. The van der Waals surface area contributed by atoms with Crippen molar-refractivity contribution in [3.8, 4) is 17.2 Å². The second-order valence-corrected chi connectivity index (χ2v) is 24.8. The van der Waals surface area contributed by atoms with Crippen LogP contribution >= 0.6 is 0 Å². The van der Waals surface area contributed by atoms with E-state index >= 15 is 0 Å². The molecule has 0 bridgehead atoms. The van der Waals surface area contributed by atoms with Gasteiger partial charge in [0, 0.05) is 33.0 Å². The Bertz CT molecular complexity index is 1420. The number of carbonyl (C=O) groups is 1. The summed E-state index contributed by atoms with van der Waals surface area (Å²) < 4.78 is 27.0. The molecule has 1 heterocycles. The number of ether oxygens (including phenoxy) is 1. The molecule has 4 rings (SSSR count). The van der Waals surface area contributed by atoms with Crippen LogP contribution in [-0.4, -0.2) is 52.7 Å². The Kier molecular flexibility index (Phi) is 8.16. The van der Waals surface area contributed by atoms with Gasteiger partial charge in [-0.15, -0.1) is 0 Å². The van der Waals surface area contributed by atoms with Crippen LogP contribution in [0.25, 0.3) is 16.8 Å². The number of aliphatic hydroxyl groups excluding tert-OH is 2. The quantitative estimate of drug-likeness (QED) is 0.330. The first-order chi connectivity index (χ1) is 19.1. The number of hydrogen-bond acceptors (Lipinski definition) is 7. The number of hydrogen-bond donors (Lipinski definition) is 2. The van der Waals surface area contributed by atoms with Gasteiger partial charge in [0.25, 0.3) is 0 Å². The van der Waals surface area contributed by atoms with E-state index in [-0.39, 0.29) is 23.8 Å². The van der Waals surface area contributed by atoms with Gasteiger partial charge in [-0.05, 0) is 36.7 Å². The summed E-state index contributed by atoms with van der Waals surface area (Å²) in [5.41, 5.74) is 2.54. The Labute approximate surface area is 253 Å². The molecule has 1 aliphatic carbocycles. The maximum Gasteiger partial charge on any atom is 0.471 e. The van der Waals surface area contributed by atoms with E-state index in [1.165, 1.54) is 0 Å². The molecule has 2 aromatic rings. The molecule has 42 heavy (non-hydrogen) atoms. The second-order valence-electron chi connectivity index (χ2n) is 15.4. The molecule has 2 atom stereocenters. The summed E-state index contributed by atoms with van der Waals surface area (Å²) in [6, 6.07) is 1.99. The van der Waals surface area contributed by atoms with Crippen molar-refractivity contribution in [2.24, 2.45) is 0 Å². The monoisotopic (exact) mass is 614 g/mol. The van der Waals surface area contributed by atoms with Crippen LogP contribution in [0.15, 0.2) is 12.1 Å². The summed E-state index contributed by atoms with van der Waals surface area (Å²) in [7, 11) is -4.04. The summed E-state index contributed by atoms with van der Waals surface area (Å²) in [5, 5.41) is 21.8. The highest BCUT2D eigenvalue weighted by Crippen LogP contribution is 2.61. The van der Waals surface area contributed by atoms with E-state index in [1.54, 1.807) is 13.2 Å². The smallest absolute Gasteiger partial charge is 0.471 e. The first-order valence-electron chi connectivity index (χ1n) is 14.9. The first-order valence-corrected chi connectivity index (χ1v) is 19.6. The van der Waals surface area contributed by atoms with E-state index in [9.17, 15) is 15.0 Å². The van der Waals surface area contributed by atoms with E-state index in [0.29, 0.717) is 33.8 Å². The molecule has 0 fully saturated rings. The maximum absolute atomic E-state index is 14.6. The predicted octanol–water partition coefficient (Wildman–Crippen LogP) is 7.99. The van der Waals surface area contributed by atoms with E-state index in [4.69, 9.17) is 18.0 Å². The summed E-state index contributed by atoms with van der Waals surface area (Å²) >= 11 is 0. The number of Topliss-reactive ketones (excluding diaryl/α,β-unsaturated/α-hetero) is 1. The predicted molar refractivity (Wildman–Crippen MR) is 174 cm³/mol. The van der Waals surface area contributed by atoms with Crippen LogP contribution in [-0.2, 0) is 4.43 Å². The Morgan fingerprint density at radius 2 is 1.62 bits per heavy atom. The standard InChI is InChI=1S/C33H50O7Si2/c1-19-17-21-24-29(20(19)15-14-16-34)39-42(32(5,6)7,33(8,9)10)40-30(24)26-25(28(21)37-11)22(35)18-23(27(26)36)38-41(12,13)31(2,3)4/h14-15,17,22-23,34-35H,16,18H2,1-13H3/b15-14+/t22-,23?/m0/s1. The zero-order valence-electron chi connectivity index (χ0n) is 27.7. The molecule has 0 amide bonds. The topological polar surface area (TPSA) is 94.5 Å². The van der Waals surface area contributed by atoms with Gasteiger partial charge in [0.1, 0.15) is 23.4 Å². The summed E-state index contributed by atoms with van der Waals surface area (Å²) in [6.45, 7) is 25.3. The van der Waals surface area contributed by atoms with Gasteiger partial charge in [-0.1, -0.05) is 74.5 Å². The highest BCUT2D eigenvalue weighted by molar-refractivity contribution is 6.75. The van der Waals surface area contributed by atoms with E-state index in [0.717, 1.165) is 16.5 Å². The van der Waals surface area contributed by atoms with Gasteiger partial charge in [0.2, 0.25) is 0 Å². The lowest BCUT2D eigenvalue weighted by atomic mass is 9.82. The van der Waals surface area contributed by atoms with Crippen LogP contribution in [0, 0.1) is 6.92 Å². The molecule has 0 saturated heterocycles. The zero-order valence-corrected chi connectivity index (χ0v) is 29.7. The fourth-order valence-corrected chi connectivity index (χ4v) is 12.1. The third-order valence-electron chi connectivity index (χ3n) is 9.35. The van der Waals surface area contributed by atoms with Crippen LogP contribution in [0.3, 0.4) is 0 Å². The largest absolute Gasteiger partial charge is 0.510 e. The Morgan fingerprint density at radius 1 is 1.05 bits per heavy atom. The number of benzene rings is 2. The van der Waals surface area contributed by atoms with E-state index < -0.39 is 39.2 Å². The molecule has 0 radical (unpaired) electrons. The molecular formula is C33H50O7Si2. The van der Waals surface area contributed by atoms with Crippen molar-refractivity contribution < 1.29 is 33.0 Å². The molecule has 1 unspecified atom stereocenters. The number of carbonyl (C=O) groups excluding carboxylic acids is 1. The SMILES string of the molecule is COc1c2c(c3c4c(c(/C=C/CO)c(C)cc14)O[Si](C(C)(C)C)(C(C)(C)C)O3)C(=O)C(O[Si](C)(C)C(C)(C)C)C[C@@H]2O. The van der Waals surface area contributed by atoms with Crippen LogP contribution < -0.4 is 13.6 Å². The Balaban J connectivity index is 2.16. The number of aryl methyl sites for hydroxylation is 1. The molecule has 232 valence electrons. The third kappa shape index (κ3) is 4.95. The molecule has 0 spiro atoms. The normalized spacial score (nSPS) is 20.9. The molecule has 0 saturated carbocycles. The fourth-order valence-electron chi connectivity index (χ4n) is 6.35. The van der Waals surface area contributed by atoms with Crippen LogP contribution in [0.2, 0.25) is 28.2 Å². The van der Waals surface area contributed by atoms with Gasteiger partial charge in [0.15, 0.2) is 14.1 Å². The van der Waals surface area contributed by atoms with Gasteiger partial charge in [-0.25, -0.2) is 0 Å². The molecule has 9 heteroatoms. The first kappa shape index (κ1) is 32.7. The minimum absolute atomic E-state index is 0.114. The molecule has 2 N–H and O–H groups in total. The minimum Gasteiger partial charge on any atom is -0.510 e. The van der Waals surface area contributed by atoms with Crippen molar-refractivity contribution in [3.63, 3.8) is 0 Å². The lowest BCUT2D eigenvalue weighted by molar-refractivity contribution is 0.0506. The third-order valence-corrected chi connectivity index (χ3v) is 18.8. The number of aliphatic hydroxyl groups is 2. The highest BCUT2D eigenvalue weighted by Gasteiger charge is 2.65. The number of methoxy groups -OCH3 is 1. The fraction of sp³-hybridized carbons (Fsp3) is 0.606. The van der Waals surface area contributed by atoms with Gasteiger partial charge in [-0.2, -0.15) is 0 Å². The Hall–Kier alpha value is -2.18. The molecule has 0 aromatic heterocycles. The van der Waals surface area contributed by atoms with Crippen molar-refractivity contribution in [2.75, 3.05) is 13.7 Å². The van der Waals surface area contributed by atoms with Crippen molar-refractivity contribution >= 4 is 39.5 Å². The highest BCUT2D eigenvalue weighted by atomic mass is 28.4. The number of ketones is 1. The zero-order chi connectivity index (χ0) is 31.8. The summed E-state index contributed by atoms with van der Waals surface area (Å²) in [4.78, 5) is 14.6. The maximum atomic E-state index is 14.6. The minimum atomic E-state index is -3.25. The van der Waals surface area contributed by atoms with Crippen LogP contribution in [0.5, 0.6) is 17.2 Å². The van der Waals surface area contributed by atoms with Crippen LogP contribution in [0.1, 0.15) is 102 Å².